The summed E-state index contributed by atoms with van der Waals surface area (Å²) in [6.45, 7) is 9.38. The van der Waals surface area contributed by atoms with Crippen molar-refractivity contribution in [3.8, 4) is 0 Å². The molecule has 25 heavy (non-hydrogen) atoms. The third-order valence-electron chi connectivity index (χ3n) is 5.52. The average Bonchev–Trinajstić information content (AvgIpc) is 3.43. The second-order valence-corrected chi connectivity index (χ2v) is 8.21. The summed E-state index contributed by atoms with van der Waals surface area (Å²) in [6.07, 6.45) is 23.3. The second kappa shape index (κ2) is 17.3. The summed E-state index contributed by atoms with van der Waals surface area (Å²) in [5.74, 6) is 0. The van der Waals surface area contributed by atoms with Crippen LogP contribution in [0.3, 0.4) is 0 Å². The molecule has 150 valence electrons. The zero-order valence-electron chi connectivity index (χ0n) is 17.6. The molecule has 1 aliphatic heterocycles. The maximum absolute atomic E-state index is 5.46. The quantitative estimate of drug-likeness (QED) is 0.173. The highest BCUT2D eigenvalue weighted by Crippen LogP contribution is 2.15. The van der Waals surface area contributed by atoms with Gasteiger partial charge in [0.25, 0.3) is 0 Å². The predicted molar refractivity (Wildman–Crippen MR) is 111 cm³/mol. The minimum atomic E-state index is 0.558. The molecular formula is C23H47NO. The largest absolute Gasteiger partial charge is 0.372 e. The van der Waals surface area contributed by atoms with Gasteiger partial charge in [0.1, 0.15) is 0 Å². The molecule has 0 radical (unpaired) electrons. The Balaban J connectivity index is 1.94. The molecule has 1 unspecified atom stereocenters. The minimum absolute atomic E-state index is 0.558. The molecule has 1 aliphatic rings. The summed E-state index contributed by atoms with van der Waals surface area (Å²) >= 11 is 0. The van der Waals surface area contributed by atoms with Gasteiger partial charge in [0.05, 0.1) is 12.7 Å². The van der Waals surface area contributed by atoms with Crippen LogP contribution in [0.1, 0.15) is 117 Å². The summed E-state index contributed by atoms with van der Waals surface area (Å²) in [6, 6.07) is 0. The Kier molecular flexibility index (Phi) is 15.9. The van der Waals surface area contributed by atoms with Crippen LogP contribution in [0.2, 0.25) is 0 Å². The van der Waals surface area contributed by atoms with E-state index >= 15 is 0 Å². The molecule has 2 nitrogen and oxygen atoms in total. The van der Waals surface area contributed by atoms with Crippen LogP contribution in [0.25, 0.3) is 0 Å². The van der Waals surface area contributed by atoms with Gasteiger partial charge >= 0.3 is 0 Å². The summed E-state index contributed by atoms with van der Waals surface area (Å²) < 4.78 is 5.46. The van der Waals surface area contributed by atoms with Gasteiger partial charge in [-0.1, -0.05) is 104 Å². The van der Waals surface area contributed by atoms with Crippen molar-refractivity contribution >= 4 is 0 Å². The van der Waals surface area contributed by atoms with Crippen LogP contribution < -0.4 is 0 Å². The zero-order valence-corrected chi connectivity index (χ0v) is 17.6. The molecule has 1 rings (SSSR count). The Morgan fingerprint density at radius 1 is 0.600 bits per heavy atom. The Labute approximate surface area is 159 Å². The molecular weight excluding hydrogens is 306 g/mol. The van der Waals surface area contributed by atoms with E-state index in [9.17, 15) is 0 Å². The number of hydrogen-bond acceptors (Lipinski definition) is 2. The Bertz CT molecular complexity index is 245. The van der Waals surface area contributed by atoms with Gasteiger partial charge in [-0.25, -0.2) is 0 Å². The van der Waals surface area contributed by atoms with E-state index in [2.05, 4.69) is 18.7 Å². The lowest BCUT2D eigenvalue weighted by atomic mass is 10.1. The van der Waals surface area contributed by atoms with Crippen LogP contribution in [-0.2, 0) is 4.74 Å². The molecule has 0 aromatic rings. The van der Waals surface area contributed by atoms with Crippen molar-refractivity contribution in [3.63, 3.8) is 0 Å². The predicted octanol–water partition coefficient (Wildman–Crippen LogP) is 6.97. The van der Waals surface area contributed by atoms with Gasteiger partial charge in [-0.15, -0.1) is 0 Å². The van der Waals surface area contributed by atoms with Gasteiger partial charge in [-0.3, -0.25) is 0 Å². The lowest BCUT2D eigenvalue weighted by Crippen LogP contribution is -2.30. The van der Waals surface area contributed by atoms with Crippen LogP contribution in [0.15, 0.2) is 0 Å². The maximum atomic E-state index is 5.46. The van der Waals surface area contributed by atoms with E-state index in [0.29, 0.717) is 6.10 Å². The molecule has 0 amide bonds. The fraction of sp³-hybridized carbons (Fsp3) is 1.00. The normalized spacial score (nSPS) is 16.7. The average molecular weight is 354 g/mol. The van der Waals surface area contributed by atoms with E-state index in [0.717, 1.165) is 6.61 Å². The zero-order chi connectivity index (χ0) is 18.0. The van der Waals surface area contributed by atoms with Crippen LogP contribution in [0.4, 0.5) is 0 Å². The van der Waals surface area contributed by atoms with Crippen LogP contribution in [0, 0.1) is 0 Å². The summed E-state index contributed by atoms with van der Waals surface area (Å²) in [5, 5.41) is 0. The fourth-order valence-electron chi connectivity index (χ4n) is 3.69. The highest BCUT2D eigenvalue weighted by molar-refractivity contribution is 4.74. The van der Waals surface area contributed by atoms with Crippen molar-refractivity contribution in [1.29, 1.82) is 0 Å². The third-order valence-corrected chi connectivity index (χ3v) is 5.52. The van der Waals surface area contributed by atoms with Gasteiger partial charge < -0.3 is 9.64 Å². The Hall–Kier alpha value is -0.0800. The fourth-order valence-corrected chi connectivity index (χ4v) is 3.69. The smallest absolute Gasteiger partial charge is 0.0936 e. The van der Waals surface area contributed by atoms with Gasteiger partial charge in [-0.2, -0.15) is 0 Å². The lowest BCUT2D eigenvalue weighted by Gasteiger charge is -2.21. The van der Waals surface area contributed by atoms with Crippen molar-refractivity contribution in [2.45, 2.75) is 123 Å². The van der Waals surface area contributed by atoms with E-state index in [1.54, 1.807) is 0 Å². The number of unbranched alkanes of at least 4 members (excludes halogenated alkanes) is 14. The number of hydrogen-bond donors (Lipinski definition) is 0. The van der Waals surface area contributed by atoms with E-state index < -0.39 is 0 Å². The topological polar surface area (TPSA) is 15.8 Å². The van der Waals surface area contributed by atoms with Gasteiger partial charge in [0.2, 0.25) is 0 Å². The molecule has 0 aliphatic carbocycles. The lowest BCUT2D eigenvalue weighted by molar-refractivity contribution is 0.232. The van der Waals surface area contributed by atoms with Crippen LogP contribution in [-0.4, -0.2) is 37.2 Å². The van der Waals surface area contributed by atoms with Crippen molar-refractivity contribution in [1.82, 2.24) is 4.90 Å². The first-order valence-corrected chi connectivity index (χ1v) is 11.7. The summed E-state index contributed by atoms with van der Waals surface area (Å²) in [5.41, 5.74) is 0. The molecule has 0 aromatic carbocycles. The monoisotopic (exact) mass is 353 g/mol. The number of nitrogens with zero attached hydrogens (tertiary/aromatic N) is 1. The van der Waals surface area contributed by atoms with E-state index in [1.165, 1.54) is 122 Å². The maximum Gasteiger partial charge on any atom is 0.0936 e. The third kappa shape index (κ3) is 15.9. The molecule has 0 spiro atoms. The molecule has 0 bridgehead atoms. The van der Waals surface area contributed by atoms with Gasteiger partial charge in [0.15, 0.2) is 0 Å². The van der Waals surface area contributed by atoms with Crippen LogP contribution in [0.5, 0.6) is 0 Å². The Morgan fingerprint density at radius 3 is 1.32 bits per heavy atom. The SMILES string of the molecule is CCCCCCCCCCN(CCCCCCCCCC)CC1CO1. The molecule has 0 N–H and O–H groups in total. The first-order chi connectivity index (χ1) is 12.4. The molecule has 0 aromatic heterocycles. The van der Waals surface area contributed by atoms with Crippen molar-refractivity contribution < 1.29 is 4.74 Å². The molecule has 1 atom stereocenters. The standard InChI is InChI=1S/C23H47NO/c1-3-5-7-9-11-13-15-17-19-24(21-23-22-25-23)20-18-16-14-12-10-8-6-4-2/h23H,3-22H2,1-2H3. The first-order valence-electron chi connectivity index (χ1n) is 11.7. The van der Waals surface area contributed by atoms with E-state index in [1.807, 2.05) is 0 Å². The molecule has 1 heterocycles. The summed E-state index contributed by atoms with van der Waals surface area (Å²) in [4.78, 5) is 2.69. The highest BCUT2D eigenvalue weighted by atomic mass is 16.6. The van der Waals surface area contributed by atoms with Gasteiger partial charge in [0, 0.05) is 6.54 Å². The number of ether oxygens (including phenoxy) is 1. The first kappa shape index (κ1) is 23.0. The summed E-state index contributed by atoms with van der Waals surface area (Å²) in [7, 11) is 0. The van der Waals surface area contributed by atoms with Crippen LogP contribution >= 0.6 is 0 Å². The van der Waals surface area contributed by atoms with Crippen molar-refractivity contribution in [2.75, 3.05) is 26.2 Å². The second-order valence-electron chi connectivity index (χ2n) is 8.21. The molecule has 0 saturated carbocycles. The Morgan fingerprint density at radius 2 is 0.960 bits per heavy atom. The van der Waals surface area contributed by atoms with Crippen molar-refractivity contribution in [3.05, 3.63) is 0 Å². The molecule has 1 saturated heterocycles. The van der Waals surface area contributed by atoms with E-state index in [-0.39, 0.29) is 0 Å². The van der Waals surface area contributed by atoms with E-state index in [4.69, 9.17) is 4.74 Å². The van der Waals surface area contributed by atoms with Gasteiger partial charge in [-0.05, 0) is 25.9 Å². The molecule has 2 heteroatoms. The number of rotatable bonds is 20. The number of epoxide rings is 1. The molecule has 1 fully saturated rings. The minimum Gasteiger partial charge on any atom is -0.372 e. The van der Waals surface area contributed by atoms with Crippen molar-refractivity contribution in [2.24, 2.45) is 0 Å². The highest BCUT2D eigenvalue weighted by Gasteiger charge is 2.24.